The first-order valence-electron chi connectivity index (χ1n) is 5.88. The summed E-state index contributed by atoms with van der Waals surface area (Å²) in [5.41, 5.74) is 0.876. The number of benzene rings is 1. The molecule has 0 aromatic heterocycles. The number of carbonyl (C=O) groups excluding carboxylic acids is 2. The zero-order chi connectivity index (χ0) is 13.8. The second-order valence-electron chi connectivity index (χ2n) is 4.17. The van der Waals surface area contributed by atoms with E-state index in [0.29, 0.717) is 24.4 Å². The highest BCUT2D eigenvalue weighted by atomic mass is 16.2. The lowest BCUT2D eigenvalue weighted by molar-refractivity contribution is -0.120. The number of hydrogen-bond acceptors (Lipinski definition) is 4. The Kier molecular flexibility index (Phi) is 3.62. The van der Waals surface area contributed by atoms with Gasteiger partial charge >= 0.3 is 0 Å². The standard InChI is InChI=1S/C14H13N3O2/c1-16(9-5-8-15)12-10-13(18)17(14(12)19)11-6-3-2-4-7-11/h2-4,6-7,10H,5,9H2,1H3. The molecule has 0 saturated heterocycles. The first-order valence-corrected chi connectivity index (χ1v) is 5.88. The lowest BCUT2D eigenvalue weighted by atomic mass is 10.3. The van der Waals surface area contributed by atoms with E-state index in [4.69, 9.17) is 5.26 Å². The van der Waals surface area contributed by atoms with Crippen LogP contribution in [0.5, 0.6) is 0 Å². The summed E-state index contributed by atoms with van der Waals surface area (Å²) in [6, 6.07) is 10.8. The largest absolute Gasteiger partial charge is 0.369 e. The molecule has 0 radical (unpaired) electrons. The van der Waals surface area contributed by atoms with Gasteiger partial charge in [0.2, 0.25) is 0 Å². The number of amides is 2. The molecule has 1 aliphatic rings. The van der Waals surface area contributed by atoms with Crippen molar-refractivity contribution in [2.75, 3.05) is 18.5 Å². The Hall–Kier alpha value is -2.61. The van der Waals surface area contributed by atoms with E-state index in [-0.39, 0.29) is 11.8 Å². The summed E-state index contributed by atoms with van der Waals surface area (Å²) in [7, 11) is 1.70. The Labute approximate surface area is 111 Å². The number of hydrogen-bond donors (Lipinski definition) is 0. The Morgan fingerprint density at radius 3 is 2.58 bits per heavy atom. The molecule has 1 aromatic rings. The zero-order valence-electron chi connectivity index (χ0n) is 10.5. The molecule has 1 aliphatic heterocycles. The summed E-state index contributed by atoms with van der Waals surface area (Å²) in [5.74, 6) is -0.702. The maximum atomic E-state index is 12.2. The average Bonchev–Trinajstić information content (AvgIpc) is 2.72. The van der Waals surface area contributed by atoms with Gasteiger partial charge in [-0.3, -0.25) is 9.59 Å². The van der Waals surface area contributed by atoms with Crippen LogP contribution in [0.4, 0.5) is 5.69 Å². The molecule has 19 heavy (non-hydrogen) atoms. The fourth-order valence-corrected chi connectivity index (χ4v) is 1.89. The molecule has 0 atom stereocenters. The second-order valence-corrected chi connectivity index (χ2v) is 4.17. The topological polar surface area (TPSA) is 64.4 Å². The highest BCUT2D eigenvalue weighted by Gasteiger charge is 2.33. The number of anilines is 1. The van der Waals surface area contributed by atoms with Gasteiger partial charge in [-0.1, -0.05) is 18.2 Å². The lowest BCUT2D eigenvalue weighted by Crippen LogP contribution is -2.34. The van der Waals surface area contributed by atoms with E-state index in [9.17, 15) is 9.59 Å². The van der Waals surface area contributed by atoms with E-state index in [0.717, 1.165) is 4.90 Å². The molecule has 0 aliphatic carbocycles. The Bertz CT molecular complexity index is 572. The predicted octanol–water partition coefficient (Wildman–Crippen LogP) is 1.29. The van der Waals surface area contributed by atoms with Gasteiger partial charge in [0, 0.05) is 19.7 Å². The molecular weight excluding hydrogens is 242 g/mol. The predicted molar refractivity (Wildman–Crippen MR) is 69.9 cm³/mol. The molecule has 2 amide bonds. The van der Waals surface area contributed by atoms with Crippen LogP contribution in [0.3, 0.4) is 0 Å². The van der Waals surface area contributed by atoms with Crippen LogP contribution in [-0.2, 0) is 9.59 Å². The van der Waals surface area contributed by atoms with Crippen molar-refractivity contribution in [3.05, 3.63) is 42.1 Å². The average molecular weight is 255 g/mol. The minimum atomic E-state index is -0.352. The lowest BCUT2D eigenvalue weighted by Gasteiger charge is -2.20. The van der Waals surface area contributed by atoms with Crippen LogP contribution in [0.2, 0.25) is 0 Å². The highest BCUT2D eigenvalue weighted by Crippen LogP contribution is 2.23. The number of para-hydroxylation sites is 1. The van der Waals surface area contributed by atoms with Crippen molar-refractivity contribution in [3.63, 3.8) is 0 Å². The monoisotopic (exact) mass is 255 g/mol. The van der Waals surface area contributed by atoms with Crippen molar-refractivity contribution in [3.8, 4) is 6.07 Å². The molecule has 0 fully saturated rings. The van der Waals surface area contributed by atoms with Gasteiger partial charge in [-0.15, -0.1) is 0 Å². The zero-order valence-corrected chi connectivity index (χ0v) is 10.5. The van der Waals surface area contributed by atoms with Crippen LogP contribution < -0.4 is 4.90 Å². The minimum absolute atomic E-state index is 0.306. The van der Waals surface area contributed by atoms with Crippen LogP contribution in [0, 0.1) is 11.3 Å². The summed E-state index contributed by atoms with van der Waals surface area (Å²) in [6.07, 6.45) is 1.62. The molecule has 2 rings (SSSR count). The van der Waals surface area contributed by atoms with E-state index in [2.05, 4.69) is 0 Å². The Balaban J connectivity index is 2.20. The van der Waals surface area contributed by atoms with E-state index in [1.54, 1.807) is 36.2 Å². The van der Waals surface area contributed by atoms with Crippen molar-refractivity contribution in [2.45, 2.75) is 6.42 Å². The molecule has 1 heterocycles. The summed E-state index contributed by atoms with van der Waals surface area (Å²) in [6.45, 7) is 0.421. The summed E-state index contributed by atoms with van der Waals surface area (Å²) in [5, 5.41) is 8.55. The molecule has 0 spiro atoms. The minimum Gasteiger partial charge on any atom is -0.369 e. The Morgan fingerprint density at radius 1 is 1.26 bits per heavy atom. The number of carbonyl (C=O) groups is 2. The third kappa shape index (κ3) is 2.47. The molecule has 0 N–H and O–H groups in total. The van der Waals surface area contributed by atoms with Gasteiger partial charge < -0.3 is 4.90 Å². The highest BCUT2D eigenvalue weighted by molar-refractivity contribution is 6.30. The number of nitriles is 1. The van der Waals surface area contributed by atoms with Crippen LogP contribution in [-0.4, -0.2) is 30.3 Å². The third-order valence-corrected chi connectivity index (χ3v) is 2.89. The molecule has 5 heteroatoms. The van der Waals surface area contributed by atoms with Gasteiger partial charge in [-0.25, -0.2) is 4.90 Å². The van der Waals surface area contributed by atoms with Crippen molar-refractivity contribution in [1.29, 1.82) is 5.26 Å². The maximum Gasteiger partial charge on any atom is 0.281 e. The smallest absolute Gasteiger partial charge is 0.281 e. The van der Waals surface area contributed by atoms with E-state index >= 15 is 0 Å². The van der Waals surface area contributed by atoms with E-state index in [1.165, 1.54) is 6.08 Å². The van der Waals surface area contributed by atoms with Crippen molar-refractivity contribution < 1.29 is 9.59 Å². The first kappa shape index (κ1) is 12.8. The molecular formula is C14H13N3O2. The molecule has 0 bridgehead atoms. The second kappa shape index (κ2) is 5.36. The van der Waals surface area contributed by atoms with Gasteiger partial charge in [0.25, 0.3) is 11.8 Å². The molecule has 0 saturated carbocycles. The van der Waals surface area contributed by atoms with Gasteiger partial charge in [0.15, 0.2) is 0 Å². The fraction of sp³-hybridized carbons (Fsp3) is 0.214. The van der Waals surface area contributed by atoms with Crippen LogP contribution in [0.1, 0.15) is 6.42 Å². The number of rotatable bonds is 4. The van der Waals surface area contributed by atoms with E-state index < -0.39 is 0 Å². The molecule has 0 unspecified atom stereocenters. The number of imide groups is 1. The van der Waals surface area contributed by atoms with Crippen LogP contribution in [0.15, 0.2) is 42.1 Å². The maximum absolute atomic E-state index is 12.2. The number of likely N-dealkylation sites (N-methyl/N-ethyl adjacent to an activating group) is 1. The van der Waals surface area contributed by atoms with Crippen molar-refractivity contribution in [2.24, 2.45) is 0 Å². The summed E-state index contributed by atoms with van der Waals surface area (Å²) >= 11 is 0. The SMILES string of the molecule is CN(CCC#N)C1=CC(=O)N(c2ccccc2)C1=O. The van der Waals surface area contributed by atoms with Crippen LogP contribution in [0.25, 0.3) is 0 Å². The molecule has 96 valence electrons. The molecule has 1 aromatic carbocycles. The van der Waals surface area contributed by atoms with Crippen molar-refractivity contribution in [1.82, 2.24) is 4.90 Å². The third-order valence-electron chi connectivity index (χ3n) is 2.89. The van der Waals surface area contributed by atoms with E-state index in [1.807, 2.05) is 12.1 Å². The van der Waals surface area contributed by atoms with Gasteiger partial charge in [0.1, 0.15) is 5.70 Å². The summed E-state index contributed by atoms with van der Waals surface area (Å²) in [4.78, 5) is 26.9. The quantitative estimate of drug-likeness (QED) is 0.760. The fourth-order valence-electron chi connectivity index (χ4n) is 1.89. The van der Waals surface area contributed by atoms with Gasteiger partial charge in [0.05, 0.1) is 18.2 Å². The van der Waals surface area contributed by atoms with Gasteiger partial charge in [-0.2, -0.15) is 5.26 Å². The van der Waals surface area contributed by atoms with Crippen molar-refractivity contribution >= 4 is 17.5 Å². The number of nitrogens with zero attached hydrogens (tertiary/aromatic N) is 3. The first-order chi connectivity index (χ1) is 9.15. The van der Waals surface area contributed by atoms with Gasteiger partial charge in [-0.05, 0) is 12.1 Å². The summed E-state index contributed by atoms with van der Waals surface area (Å²) < 4.78 is 0. The Morgan fingerprint density at radius 2 is 1.95 bits per heavy atom. The van der Waals surface area contributed by atoms with Crippen LogP contribution >= 0.6 is 0 Å². The molecule has 5 nitrogen and oxygen atoms in total. The normalized spacial score (nSPS) is 14.3.